The molecule has 0 N–H and O–H groups in total. The number of fused-ring (bicyclic) bond motifs is 1. The average Bonchev–Trinajstić information content (AvgIpc) is 2.97. The quantitative estimate of drug-likeness (QED) is 0.609. The molecule has 7 heteroatoms. The topological polar surface area (TPSA) is 61.8 Å². The molecule has 1 saturated carbocycles. The summed E-state index contributed by atoms with van der Waals surface area (Å²) in [5.74, 6) is -1.57. The number of esters is 1. The fraction of sp³-hybridized carbons (Fsp3) is 0.412. The van der Waals surface area contributed by atoms with Gasteiger partial charge in [0.25, 0.3) is 0 Å². The van der Waals surface area contributed by atoms with Crippen LogP contribution in [0, 0.1) is 17.7 Å². The Bertz CT molecular complexity index is 813. The Morgan fingerprint density at radius 1 is 1.12 bits per heavy atom. The van der Waals surface area contributed by atoms with Crippen LogP contribution in [0.3, 0.4) is 0 Å². The number of rotatable bonds is 5. The molecule has 1 fully saturated rings. The molecule has 0 unspecified atom stereocenters. The maximum absolute atomic E-state index is 14.6. The third-order valence-corrected chi connectivity index (χ3v) is 5.56. The van der Waals surface area contributed by atoms with E-state index in [1.54, 1.807) is 6.07 Å². The van der Waals surface area contributed by atoms with Crippen molar-refractivity contribution in [2.24, 2.45) is 11.8 Å². The Hall–Kier alpha value is -2.15. The normalized spacial score (nSPS) is 19.7. The van der Waals surface area contributed by atoms with E-state index >= 15 is 0 Å². The highest BCUT2D eigenvalue weighted by molar-refractivity contribution is 7.20. The number of Topliss-reactive ketones (excluding diaryl/α,β-unsaturated/α-hetero) is 1. The number of hydrogen-bond acceptors (Lipinski definition) is 6. The van der Waals surface area contributed by atoms with Crippen LogP contribution in [0.5, 0.6) is 11.5 Å². The molecule has 0 aliphatic heterocycles. The number of carbonyl (C=O) groups is 2. The van der Waals surface area contributed by atoms with E-state index in [9.17, 15) is 14.0 Å². The van der Waals surface area contributed by atoms with E-state index in [4.69, 9.17) is 14.2 Å². The number of ketones is 1. The first-order chi connectivity index (χ1) is 11.5. The van der Waals surface area contributed by atoms with Gasteiger partial charge in [-0.2, -0.15) is 0 Å². The SMILES string of the molecule is COC(=O)[C@H]1CC[C@H]1C(=O)c1cc2c(F)c(OC)c(OC)cc2s1. The van der Waals surface area contributed by atoms with Crippen molar-refractivity contribution in [1.29, 1.82) is 0 Å². The maximum Gasteiger partial charge on any atom is 0.309 e. The fourth-order valence-corrected chi connectivity index (χ4v) is 4.08. The van der Waals surface area contributed by atoms with Crippen molar-refractivity contribution in [3.63, 3.8) is 0 Å². The Balaban J connectivity index is 1.98. The standard InChI is InChI=1S/C17H17FO5S/c1-21-11-7-12-10(14(18)16(11)22-2)6-13(24-12)15(19)8-4-5-9(8)17(20)23-3/h6-9H,4-5H2,1-3H3/t8-,9+/m1/s1. The lowest BCUT2D eigenvalue weighted by atomic mass is 9.71. The van der Waals surface area contributed by atoms with Gasteiger partial charge in [0.15, 0.2) is 23.1 Å². The molecular formula is C17H17FO5S. The van der Waals surface area contributed by atoms with Crippen molar-refractivity contribution in [2.75, 3.05) is 21.3 Å². The van der Waals surface area contributed by atoms with Gasteiger partial charge in [-0.25, -0.2) is 4.39 Å². The molecule has 1 aromatic carbocycles. The fourth-order valence-electron chi connectivity index (χ4n) is 2.99. The van der Waals surface area contributed by atoms with Gasteiger partial charge in [-0.3, -0.25) is 9.59 Å². The summed E-state index contributed by atoms with van der Waals surface area (Å²) in [5, 5.41) is 0.315. The molecule has 1 aliphatic carbocycles. The number of thiophene rings is 1. The van der Waals surface area contributed by atoms with Crippen LogP contribution in [-0.2, 0) is 9.53 Å². The lowest BCUT2D eigenvalue weighted by Gasteiger charge is -2.32. The number of halogens is 1. The highest BCUT2D eigenvalue weighted by atomic mass is 32.1. The summed E-state index contributed by atoms with van der Waals surface area (Å²) < 4.78 is 30.1. The minimum Gasteiger partial charge on any atom is -0.493 e. The Morgan fingerprint density at radius 3 is 2.38 bits per heavy atom. The first-order valence-electron chi connectivity index (χ1n) is 7.47. The molecule has 0 amide bonds. The minimum atomic E-state index is -0.555. The Morgan fingerprint density at radius 2 is 1.83 bits per heavy atom. The van der Waals surface area contributed by atoms with E-state index in [-0.39, 0.29) is 23.3 Å². The molecule has 0 spiro atoms. The monoisotopic (exact) mass is 352 g/mol. The zero-order valence-electron chi connectivity index (χ0n) is 13.6. The summed E-state index contributed by atoms with van der Waals surface area (Å²) in [4.78, 5) is 24.8. The van der Waals surface area contributed by atoms with Crippen LogP contribution in [0.4, 0.5) is 4.39 Å². The van der Waals surface area contributed by atoms with Gasteiger partial charge in [0.05, 0.1) is 32.1 Å². The molecule has 0 saturated heterocycles. The Labute approximate surface area is 142 Å². The number of hydrogen-bond donors (Lipinski definition) is 0. The zero-order chi connectivity index (χ0) is 17.4. The summed E-state index contributed by atoms with van der Waals surface area (Å²) in [6, 6.07) is 3.17. The van der Waals surface area contributed by atoms with Crippen LogP contribution < -0.4 is 9.47 Å². The van der Waals surface area contributed by atoms with Gasteiger partial charge >= 0.3 is 5.97 Å². The molecule has 0 radical (unpaired) electrons. The van der Waals surface area contributed by atoms with Gasteiger partial charge in [-0.1, -0.05) is 0 Å². The third kappa shape index (κ3) is 2.53. The third-order valence-electron chi connectivity index (χ3n) is 4.46. The van der Waals surface area contributed by atoms with E-state index in [1.165, 1.54) is 38.7 Å². The second kappa shape index (κ2) is 6.39. The number of carbonyl (C=O) groups excluding carboxylic acids is 2. The zero-order valence-corrected chi connectivity index (χ0v) is 14.4. The number of benzene rings is 1. The van der Waals surface area contributed by atoms with Crippen LogP contribution in [0.15, 0.2) is 12.1 Å². The number of ether oxygens (including phenoxy) is 3. The Kier molecular flexibility index (Phi) is 4.45. The van der Waals surface area contributed by atoms with Crippen molar-refractivity contribution >= 4 is 33.2 Å². The molecule has 128 valence electrons. The lowest BCUT2D eigenvalue weighted by Crippen LogP contribution is -2.38. The second-order valence-electron chi connectivity index (χ2n) is 5.63. The highest BCUT2D eigenvalue weighted by Crippen LogP contribution is 2.43. The minimum absolute atomic E-state index is 0.0119. The van der Waals surface area contributed by atoms with Crippen molar-refractivity contribution in [2.45, 2.75) is 12.8 Å². The van der Waals surface area contributed by atoms with E-state index in [1.807, 2.05) is 0 Å². The molecule has 5 nitrogen and oxygen atoms in total. The molecule has 1 aromatic heterocycles. The van der Waals surface area contributed by atoms with Crippen LogP contribution in [0.1, 0.15) is 22.5 Å². The summed E-state index contributed by atoms with van der Waals surface area (Å²) in [6.45, 7) is 0. The summed E-state index contributed by atoms with van der Waals surface area (Å²) in [5.41, 5.74) is 0. The van der Waals surface area contributed by atoms with Crippen molar-refractivity contribution in [3.8, 4) is 11.5 Å². The molecule has 2 atom stereocenters. The van der Waals surface area contributed by atoms with Crippen LogP contribution >= 0.6 is 11.3 Å². The van der Waals surface area contributed by atoms with E-state index in [0.717, 1.165) is 0 Å². The maximum atomic E-state index is 14.6. The van der Waals surface area contributed by atoms with Crippen LogP contribution in [0.25, 0.3) is 10.1 Å². The molecule has 3 rings (SSSR count). The van der Waals surface area contributed by atoms with Crippen molar-refractivity contribution in [1.82, 2.24) is 0 Å². The first kappa shape index (κ1) is 16.7. The van der Waals surface area contributed by atoms with Crippen LogP contribution in [0.2, 0.25) is 0 Å². The first-order valence-corrected chi connectivity index (χ1v) is 8.29. The molecule has 0 bridgehead atoms. The van der Waals surface area contributed by atoms with Crippen LogP contribution in [-0.4, -0.2) is 33.1 Å². The molecule has 24 heavy (non-hydrogen) atoms. The highest BCUT2D eigenvalue weighted by Gasteiger charge is 2.42. The molecular weight excluding hydrogens is 335 g/mol. The van der Waals surface area contributed by atoms with Gasteiger partial charge in [0.1, 0.15) is 0 Å². The van der Waals surface area contributed by atoms with Gasteiger partial charge in [-0.15, -0.1) is 11.3 Å². The molecule has 2 aromatic rings. The number of methoxy groups -OCH3 is 3. The molecule has 1 heterocycles. The predicted octanol–water partition coefficient (Wildman–Crippen LogP) is 3.44. The van der Waals surface area contributed by atoms with Crippen molar-refractivity contribution < 1.29 is 28.2 Å². The molecule has 1 aliphatic rings. The lowest BCUT2D eigenvalue weighted by molar-refractivity contribution is -0.150. The van der Waals surface area contributed by atoms with Gasteiger partial charge in [0.2, 0.25) is 0 Å². The summed E-state index contributed by atoms with van der Waals surface area (Å²) >= 11 is 1.19. The predicted molar refractivity (Wildman–Crippen MR) is 87.4 cm³/mol. The van der Waals surface area contributed by atoms with Crippen molar-refractivity contribution in [3.05, 3.63) is 22.8 Å². The van der Waals surface area contributed by atoms with E-state index in [0.29, 0.717) is 27.8 Å². The van der Waals surface area contributed by atoms with Gasteiger partial charge < -0.3 is 14.2 Å². The summed E-state index contributed by atoms with van der Waals surface area (Å²) in [6.07, 6.45) is 1.28. The largest absolute Gasteiger partial charge is 0.493 e. The van der Waals surface area contributed by atoms with Gasteiger partial charge in [-0.05, 0) is 18.9 Å². The van der Waals surface area contributed by atoms with E-state index in [2.05, 4.69) is 0 Å². The smallest absolute Gasteiger partial charge is 0.309 e. The van der Waals surface area contributed by atoms with Gasteiger partial charge in [0, 0.05) is 22.1 Å². The summed E-state index contributed by atoms with van der Waals surface area (Å²) in [7, 11) is 4.11. The second-order valence-corrected chi connectivity index (χ2v) is 6.71. The van der Waals surface area contributed by atoms with E-state index < -0.39 is 17.7 Å². The average molecular weight is 352 g/mol.